The Morgan fingerprint density at radius 3 is 2.44 bits per heavy atom. The molecule has 0 aliphatic carbocycles. The maximum absolute atomic E-state index is 14.1. The molecule has 2 aromatic heterocycles. The number of halogens is 3. The van der Waals surface area contributed by atoms with Crippen LogP contribution in [0, 0.1) is 37.5 Å². The van der Waals surface area contributed by atoms with E-state index in [9.17, 15) is 32.7 Å². The molecule has 1 aliphatic heterocycles. The van der Waals surface area contributed by atoms with Crippen molar-refractivity contribution < 1.29 is 32.6 Å². The fraction of sp³-hybridized carbons (Fsp3) is 0.474. The highest BCUT2D eigenvalue weighted by molar-refractivity contribution is 5.82. The molecular formula is C38H45F3N4O5. The number of amides is 1. The maximum Gasteiger partial charge on any atom is 0.416 e. The first-order valence-electron chi connectivity index (χ1n) is 16.7. The fourth-order valence-corrected chi connectivity index (χ4v) is 6.14. The van der Waals surface area contributed by atoms with E-state index in [4.69, 9.17) is 9.72 Å². The molecule has 4 rings (SSSR count). The Balaban J connectivity index is 1.81. The number of aromatic nitrogens is 2. The molecule has 12 heteroatoms. The highest BCUT2D eigenvalue weighted by Crippen LogP contribution is 2.33. The molecule has 1 aromatic carbocycles. The number of carboxylic acid groups (broad SMARTS) is 1. The topological polar surface area (TPSA) is 114 Å². The van der Waals surface area contributed by atoms with Gasteiger partial charge in [0.05, 0.1) is 30.3 Å². The van der Waals surface area contributed by atoms with Crippen molar-refractivity contribution in [1.82, 2.24) is 19.8 Å². The van der Waals surface area contributed by atoms with Crippen LogP contribution in [0.5, 0.6) is 0 Å². The van der Waals surface area contributed by atoms with E-state index in [1.807, 2.05) is 52.0 Å². The summed E-state index contributed by atoms with van der Waals surface area (Å²) in [6.07, 6.45) is -3.30. The Hall–Kier alpha value is -4.47. The average molecular weight is 695 g/mol. The first-order chi connectivity index (χ1) is 23.5. The zero-order valence-electron chi connectivity index (χ0n) is 29.4. The molecule has 1 fully saturated rings. The van der Waals surface area contributed by atoms with E-state index in [0.717, 1.165) is 39.4 Å². The van der Waals surface area contributed by atoms with Crippen LogP contribution in [-0.2, 0) is 26.9 Å². The lowest BCUT2D eigenvalue weighted by atomic mass is 9.94. The third kappa shape index (κ3) is 10.0. The minimum atomic E-state index is -4.76. The lowest BCUT2D eigenvalue weighted by Gasteiger charge is -2.26. The van der Waals surface area contributed by atoms with E-state index in [-0.39, 0.29) is 42.5 Å². The number of hydrogen-bond acceptors (Lipinski definition) is 6. The Morgan fingerprint density at radius 2 is 1.86 bits per heavy atom. The van der Waals surface area contributed by atoms with Crippen molar-refractivity contribution in [2.24, 2.45) is 11.8 Å². The van der Waals surface area contributed by atoms with Crippen LogP contribution < -0.4 is 10.9 Å². The molecule has 0 bridgehead atoms. The quantitative estimate of drug-likeness (QED) is 0.225. The molecular weight excluding hydrogens is 649 g/mol. The van der Waals surface area contributed by atoms with Gasteiger partial charge in [0, 0.05) is 31.3 Å². The first-order valence-corrected chi connectivity index (χ1v) is 16.7. The Bertz CT molecular complexity index is 1800. The third-order valence-corrected chi connectivity index (χ3v) is 8.63. The number of ether oxygens (including phenoxy) is 1. The van der Waals surface area contributed by atoms with Crippen molar-refractivity contribution in [3.8, 4) is 23.0 Å². The van der Waals surface area contributed by atoms with Crippen LogP contribution in [0.15, 0.2) is 47.4 Å². The zero-order valence-corrected chi connectivity index (χ0v) is 29.4. The number of pyridine rings is 2. The lowest BCUT2D eigenvalue weighted by molar-refractivity contribution is -0.139. The zero-order chi connectivity index (χ0) is 36.7. The van der Waals surface area contributed by atoms with Crippen LogP contribution in [0.1, 0.15) is 78.8 Å². The van der Waals surface area contributed by atoms with Crippen LogP contribution in [0.25, 0.3) is 11.1 Å². The third-order valence-electron chi connectivity index (χ3n) is 8.63. The van der Waals surface area contributed by atoms with Crippen molar-refractivity contribution in [3.63, 3.8) is 0 Å². The molecule has 268 valence electrons. The number of alkyl halides is 3. The minimum absolute atomic E-state index is 0.00833. The lowest BCUT2D eigenvalue weighted by Crippen LogP contribution is -2.41. The molecule has 1 unspecified atom stereocenters. The summed E-state index contributed by atoms with van der Waals surface area (Å²) in [6.45, 7) is 8.98. The standard InChI is InChI=1S/C38H45F3N4O5/c1-23(2)16-33(45-21-27(12-14-44(5)6)30(19-34(45)46)38(39,40)41)37(49)43-32(20-35(47)48)31-18-28(36-24(3)8-7-9-25(36)4)17-29(42-31)11-10-26-13-15-50-22-26/h7-9,17-19,21,23,26,32-33H,12-16,20,22H2,1-6H3,(H,43,49)(H,47,48)/t26?,32-,33-/m0/s1. The average Bonchev–Trinajstić information content (AvgIpc) is 3.54. The molecule has 2 N–H and O–H groups in total. The van der Waals surface area contributed by atoms with E-state index in [1.165, 1.54) is 0 Å². The number of likely N-dealkylation sites (N-methyl/N-ethyl adjacent to an activating group) is 1. The normalized spacial score (nSPS) is 15.9. The Kier molecular flexibility index (Phi) is 12.6. The number of carbonyl (C=O) groups excluding carboxylic acids is 1. The number of benzene rings is 1. The van der Waals surface area contributed by atoms with Crippen LogP contribution in [0.3, 0.4) is 0 Å². The number of aryl methyl sites for hydroxylation is 2. The van der Waals surface area contributed by atoms with Gasteiger partial charge in [0.1, 0.15) is 11.7 Å². The van der Waals surface area contributed by atoms with Gasteiger partial charge in [-0.3, -0.25) is 14.4 Å². The molecule has 1 aliphatic rings. The molecule has 0 radical (unpaired) electrons. The largest absolute Gasteiger partial charge is 0.481 e. The summed E-state index contributed by atoms with van der Waals surface area (Å²) in [4.78, 5) is 46.0. The number of nitrogens with zero attached hydrogens (tertiary/aromatic N) is 3. The summed E-state index contributed by atoms with van der Waals surface area (Å²) in [5.74, 6) is 4.29. The number of carbonyl (C=O) groups is 2. The SMILES string of the molecule is Cc1cccc(C)c1-c1cc(C#CC2CCOC2)nc([C@H](CC(=O)O)NC(=O)[C@H](CC(C)C)n2cc(CCN(C)C)c(C(F)(F)F)cc2=O)c1. The van der Waals surface area contributed by atoms with E-state index >= 15 is 0 Å². The molecule has 1 saturated heterocycles. The molecule has 3 aromatic rings. The number of hydrogen-bond donors (Lipinski definition) is 2. The van der Waals surface area contributed by atoms with Gasteiger partial charge in [-0.25, -0.2) is 4.98 Å². The van der Waals surface area contributed by atoms with Gasteiger partial charge in [0.2, 0.25) is 5.91 Å². The highest BCUT2D eigenvalue weighted by atomic mass is 19.4. The monoisotopic (exact) mass is 694 g/mol. The number of carboxylic acids is 1. The van der Waals surface area contributed by atoms with Gasteiger partial charge in [0.25, 0.3) is 5.56 Å². The van der Waals surface area contributed by atoms with Gasteiger partial charge in [-0.2, -0.15) is 13.2 Å². The van der Waals surface area contributed by atoms with Gasteiger partial charge < -0.3 is 24.6 Å². The van der Waals surface area contributed by atoms with Gasteiger partial charge in [-0.1, -0.05) is 38.0 Å². The van der Waals surface area contributed by atoms with Gasteiger partial charge in [-0.05, 0) is 99.0 Å². The molecule has 0 spiro atoms. The number of nitrogens with one attached hydrogen (secondary N) is 1. The second-order valence-corrected chi connectivity index (χ2v) is 13.6. The van der Waals surface area contributed by atoms with Crippen molar-refractivity contribution in [2.45, 2.75) is 71.6 Å². The van der Waals surface area contributed by atoms with Crippen LogP contribution in [0.4, 0.5) is 13.2 Å². The van der Waals surface area contributed by atoms with Crippen molar-refractivity contribution >= 4 is 11.9 Å². The predicted octanol–water partition coefficient (Wildman–Crippen LogP) is 5.96. The minimum Gasteiger partial charge on any atom is -0.481 e. The molecule has 50 heavy (non-hydrogen) atoms. The van der Waals surface area contributed by atoms with E-state index in [0.29, 0.717) is 25.0 Å². The number of aliphatic carboxylic acids is 1. The van der Waals surface area contributed by atoms with E-state index < -0.39 is 47.7 Å². The molecule has 1 amide bonds. The van der Waals surface area contributed by atoms with Gasteiger partial charge in [-0.15, -0.1) is 0 Å². The fourth-order valence-electron chi connectivity index (χ4n) is 6.14. The Labute approximate surface area is 290 Å². The van der Waals surface area contributed by atoms with Gasteiger partial charge >= 0.3 is 12.1 Å². The van der Waals surface area contributed by atoms with Crippen LogP contribution >= 0.6 is 0 Å². The maximum atomic E-state index is 14.1. The second-order valence-electron chi connectivity index (χ2n) is 13.6. The molecule has 0 saturated carbocycles. The summed E-state index contributed by atoms with van der Waals surface area (Å²) < 4.78 is 48.5. The summed E-state index contributed by atoms with van der Waals surface area (Å²) in [7, 11) is 3.45. The molecule has 3 heterocycles. The molecule has 3 atom stereocenters. The summed E-state index contributed by atoms with van der Waals surface area (Å²) in [6, 6.07) is 7.60. The Morgan fingerprint density at radius 1 is 1.16 bits per heavy atom. The van der Waals surface area contributed by atoms with E-state index in [2.05, 4.69) is 17.2 Å². The van der Waals surface area contributed by atoms with Crippen molar-refractivity contribution in [2.75, 3.05) is 33.9 Å². The van der Waals surface area contributed by atoms with Crippen molar-refractivity contribution in [3.05, 3.63) is 86.6 Å². The number of rotatable bonds is 12. The predicted molar refractivity (Wildman–Crippen MR) is 185 cm³/mol. The highest BCUT2D eigenvalue weighted by Gasteiger charge is 2.36. The first kappa shape index (κ1) is 38.3. The molecule has 9 nitrogen and oxygen atoms in total. The van der Waals surface area contributed by atoms with Crippen LogP contribution in [0.2, 0.25) is 0 Å². The smallest absolute Gasteiger partial charge is 0.416 e. The van der Waals surface area contributed by atoms with E-state index in [1.54, 1.807) is 25.1 Å². The second kappa shape index (κ2) is 16.5. The van der Waals surface area contributed by atoms with Crippen LogP contribution in [-0.4, -0.2) is 65.3 Å². The summed E-state index contributed by atoms with van der Waals surface area (Å²) in [5, 5.41) is 12.8. The summed E-state index contributed by atoms with van der Waals surface area (Å²) in [5.41, 5.74) is 2.12. The summed E-state index contributed by atoms with van der Waals surface area (Å²) >= 11 is 0. The van der Waals surface area contributed by atoms with Crippen molar-refractivity contribution in [1.29, 1.82) is 0 Å². The van der Waals surface area contributed by atoms with Gasteiger partial charge in [0.15, 0.2) is 0 Å².